The number of benzene rings is 2. The zero-order valence-electron chi connectivity index (χ0n) is 23.3. The number of rotatable bonds is 8. The molecule has 0 aliphatic carbocycles. The SMILES string of the molecule is CC(C)(C)OC(=O)N1CC(=O)C[C@H]1C(=O)C[C@@H](Cc1cc(F)cc(F)c1)c1ncccc1-c1ccc(F)c(C(N)=O)c1. The standard InChI is InChI=1S/C31H30F3N3O5/c1-31(2,3)42-30(41)37-16-22(38)15-26(37)27(39)13-19(9-17-10-20(32)14-21(33)11-17)28-23(5-4-8-36-28)18-6-7-25(34)24(12-18)29(35)40/h4-8,10-12,14,19,26H,9,13,15-16H2,1-3H3,(H2,35,40)/t19-,26+/m1/s1. The van der Waals surface area contributed by atoms with Gasteiger partial charge in [-0.3, -0.25) is 24.3 Å². The zero-order chi connectivity index (χ0) is 30.8. The van der Waals surface area contributed by atoms with Crippen molar-refractivity contribution in [1.82, 2.24) is 9.88 Å². The molecule has 11 heteroatoms. The number of halogens is 3. The number of carbonyl (C=O) groups excluding carboxylic acids is 4. The fraction of sp³-hybridized carbons (Fsp3) is 0.323. The second-order valence-electron chi connectivity index (χ2n) is 11.2. The minimum Gasteiger partial charge on any atom is -0.444 e. The summed E-state index contributed by atoms with van der Waals surface area (Å²) in [6.07, 6.45) is 0.158. The van der Waals surface area contributed by atoms with E-state index in [-0.39, 0.29) is 42.7 Å². The minimum atomic E-state index is -1.10. The predicted molar refractivity (Wildman–Crippen MR) is 147 cm³/mol. The van der Waals surface area contributed by atoms with Gasteiger partial charge < -0.3 is 10.5 Å². The normalized spacial score (nSPS) is 15.9. The smallest absolute Gasteiger partial charge is 0.411 e. The molecule has 2 heterocycles. The van der Waals surface area contributed by atoms with E-state index in [2.05, 4.69) is 4.98 Å². The van der Waals surface area contributed by atoms with Crippen molar-refractivity contribution in [2.75, 3.05) is 6.54 Å². The van der Waals surface area contributed by atoms with Crippen LogP contribution in [-0.4, -0.2) is 51.6 Å². The second kappa shape index (κ2) is 12.1. The van der Waals surface area contributed by atoms with Gasteiger partial charge in [-0.1, -0.05) is 12.1 Å². The van der Waals surface area contributed by atoms with Crippen molar-refractivity contribution >= 4 is 23.6 Å². The van der Waals surface area contributed by atoms with E-state index in [1.807, 2.05) is 0 Å². The lowest BCUT2D eigenvalue weighted by atomic mass is 9.85. The van der Waals surface area contributed by atoms with Gasteiger partial charge in [0.05, 0.1) is 17.8 Å². The van der Waals surface area contributed by atoms with Gasteiger partial charge in [-0.2, -0.15) is 0 Å². The van der Waals surface area contributed by atoms with Crippen LogP contribution in [0.1, 0.15) is 61.1 Å². The Morgan fingerprint density at radius 1 is 1.07 bits per heavy atom. The first kappa shape index (κ1) is 30.4. The molecular weight excluding hydrogens is 551 g/mol. The number of nitrogens with zero attached hydrogens (tertiary/aromatic N) is 2. The third-order valence-corrected chi connectivity index (χ3v) is 6.76. The highest BCUT2D eigenvalue weighted by atomic mass is 19.1. The third kappa shape index (κ3) is 7.20. The number of nitrogens with two attached hydrogens (primary N) is 1. The lowest BCUT2D eigenvalue weighted by Gasteiger charge is -2.28. The van der Waals surface area contributed by atoms with Gasteiger partial charge in [-0.05, 0) is 68.7 Å². The number of primary amides is 1. The van der Waals surface area contributed by atoms with Crippen LogP contribution in [0.5, 0.6) is 0 Å². The topological polar surface area (TPSA) is 120 Å². The first-order valence-electron chi connectivity index (χ1n) is 13.3. The van der Waals surface area contributed by atoms with E-state index in [0.29, 0.717) is 16.8 Å². The average Bonchev–Trinajstić information content (AvgIpc) is 3.29. The van der Waals surface area contributed by atoms with Crippen molar-refractivity contribution in [3.05, 3.63) is 89.0 Å². The van der Waals surface area contributed by atoms with Crippen LogP contribution in [0.3, 0.4) is 0 Å². The second-order valence-corrected chi connectivity index (χ2v) is 11.2. The van der Waals surface area contributed by atoms with Gasteiger partial charge >= 0.3 is 6.09 Å². The van der Waals surface area contributed by atoms with E-state index < -0.39 is 52.8 Å². The molecule has 2 aromatic carbocycles. The maximum Gasteiger partial charge on any atom is 0.411 e. The predicted octanol–water partition coefficient (Wildman–Crippen LogP) is 5.13. The van der Waals surface area contributed by atoms with Crippen LogP contribution in [0.25, 0.3) is 11.1 Å². The van der Waals surface area contributed by atoms with Crippen LogP contribution in [0, 0.1) is 17.5 Å². The molecule has 0 spiro atoms. The van der Waals surface area contributed by atoms with Gasteiger partial charge in [0.25, 0.3) is 5.91 Å². The number of pyridine rings is 1. The fourth-order valence-electron chi connectivity index (χ4n) is 5.02. The van der Waals surface area contributed by atoms with Gasteiger partial charge in [-0.25, -0.2) is 18.0 Å². The van der Waals surface area contributed by atoms with Crippen molar-refractivity contribution in [1.29, 1.82) is 0 Å². The largest absolute Gasteiger partial charge is 0.444 e. The van der Waals surface area contributed by atoms with E-state index in [1.165, 1.54) is 18.3 Å². The minimum absolute atomic E-state index is 0.0403. The van der Waals surface area contributed by atoms with Crippen LogP contribution in [0.15, 0.2) is 54.7 Å². The Hall–Kier alpha value is -4.54. The molecule has 0 bridgehead atoms. The molecule has 42 heavy (non-hydrogen) atoms. The van der Waals surface area contributed by atoms with E-state index in [9.17, 15) is 32.3 Å². The number of Topliss-reactive ketones (excluding diaryl/α,β-unsaturated/α-hetero) is 2. The number of likely N-dealkylation sites (tertiary alicyclic amines) is 1. The molecule has 2 amide bonds. The number of aromatic nitrogens is 1. The molecular formula is C31H30F3N3O5. The summed E-state index contributed by atoms with van der Waals surface area (Å²) in [5.74, 6) is -4.99. The van der Waals surface area contributed by atoms with Crippen LogP contribution in [0.2, 0.25) is 0 Å². The number of hydrogen-bond donors (Lipinski definition) is 1. The Morgan fingerprint density at radius 2 is 1.76 bits per heavy atom. The van der Waals surface area contributed by atoms with Crippen LogP contribution < -0.4 is 5.73 Å². The van der Waals surface area contributed by atoms with Crippen LogP contribution in [-0.2, 0) is 20.7 Å². The first-order valence-corrected chi connectivity index (χ1v) is 13.3. The third-order valence-electron chi connectivity index (χ3n) is 6.76. The molecule has 1 aliphatic rings. The van der Waals surface area contributed by atoms with Crippen molar-refractivity contribution < 1.29 is 37.1 Å². The van der Waals surface area contributed by atoms with Gasteiger partial charge in [0, 0.05) is 36.6 Å². The Kier molecular flexibility index (Phi) is 8.79. The van der Waals surface area contributed by atoms with Crippen molar-refractivity contribution in [2.24, 2.45) is 5.73 Å². The van der Waals surface area contributed by atoms with Crippen molar-refractivity contribution in [3.8, 4) is 11.1 Å². The molecule has 3 aromatic rings. The molecule has 2 atom stereocenters. The summed E-state index contributed by atoms with van der Waals surface area (Å²) in [4.78, 5) is 56.3. The molecule has 0 unspecified atom stereocenters. The van der Waals surface area contributed by atoms with E-state index >= 15 is 0 Å². The number of amides is 2. The molecule has 1 aromatic heterocycles. The molecule has 1 saturated heterocycles. The average molecular weight is 582 g/mol. The zero-order valence-corrected chi connectivity index (χ0v) is 23.3. The van der Waals surface area contributed by atoms with Crippen LogP contribution >= 0.6 is 0 Å². The number of hydrogen-bond acceptors (Lipinski definition) is 6. The summed E-state index contributed by atoms with van der Waals surface area (Å²) < 4.78 is 47.9. The molecule has 0 radical (unpaired) electrons. The van der Waals surface area contributed by atoms with Gasteiger partial charge in [-0.15, -0.1) is 0 Å². The van der Waals surface area contributed by atoms with E-state index in [0.717, 1.165) is 29.2 Å². The summed E-state index contributed by atoms with van der Waals surface area (Å²) in [5, 5.41) is 0. The molecule has 220 valence electrons. The van der Waals surface area contributed by atoms with E-state index in [1.54, 1.807) is 32.9 Å². The quantitative estimate of drug-likeness (QED) is 0.394. The molecule has 1 fully saturated rings. The highest BCUT2D eigenvalue weighted by molar-refractivity contribution is 5.99. The Labute approximate surface area is 240 Å². The highest BCUT2D eigenvalue weighted by Gasteiger charge is 2.41. The van der Waals surface area contributed by atoms with Crippen LogP contribution in [0.4, 0.5) is 18.0 Å². The van der Waals surface area contributed by atoms with Crippen molar-refractivity contribution in [3.63, 3.8) is 0 Å². The van der Waals surface area contributed by atoms with Gasteiger partial charge in [0.15, 0.2) is 11.6 Å². The molecule has 8 nitrogen and oxygen atoms in total. The maximum atomic E-state index is 14.2. The summed E-state index contributed by atoms with van der Waals surface area (Å²) in [5.41, 5.74) is 5.50. The van der Waals surface area contributed by atoms with Gasteiger partial charge in [0.2, 0.25) is 0 Å². The number of ketones is 2. The summed E-state index contributed by atoms with van der Waals surface area (Å²) in [6, 6.07) is 8.92. The summed E-state index contributed by atoms with van der Waals surface area (Å²) in [6.45, 7) is 4.70. The highest BCUT2D eigenvalue weighted by Crippen LogP contribution is 2.34. The van der Waals surface area contributed by atoms with E-state index in [4.69, 9.17) is 10.5 Å². The van der Waals surface area contributed by atoms with Crippen molar-refractivity contribution in [2.45, 2.75) is 57.6 Å². The lowest BCUT2D eigenvalue weighted by Crippen LogP contribution is -2.43. The molecule has 0 saturated carbocycles. The summed E-state index contributed by atoms with van der Waals surface area (Å²) >= 11 is 0. The Bertz CT molecular complexity index is 1530. The molecule has 1 aliphatic heterocycles. The Morgan fingerprint density at radius 3 is 2.40 bits per heavy atom. The summed E-state index contributed by atoms with van der Waals surface area (Å²) in [7, 11) is 0. The Balaban J connectivity index is 1.75. The maximum absolute atomic E-state index is 14.2. The molecule has 2 N–H and O–H groups in total. The number of carbonyl (C=O) groups is 4. The van der Waals surface area contributed by atoms with Gasteiger partial charge in [0.1, 0.15) is 29.1 Å². The fourth-order valence-corrected chi connectivity index (χ4v) is 5.02. The lowest BCUT2D eigenvalue weighted by molar-refractivity contribution is -0.124. The monoisotopic (exact) mass is 581 g/mol. The first-order chi connectivity index (χ1) is 19.7. The number of ether oxygens (including phenoxy) is 1. The molecule has 4 rings (SSSR count).